The molecule has 90 valence electrons. The number of halogens is 2. The summed E-state index contributed by atoms with van der Waals surface area (Å²) >= 11 is 5.90. The average Bonchev–Trinajstić information content (AvgIpc) is 2.72. The molecule has 17 heavy (non-hydrogen) atoms. The lowest BCUT2D eigenvalue weighted by atomic mass is 10.1. The van der Waals surface area contributed by atoms with Crippen molar-refractivity contribution in [3.05, 3.63) is 46.3 Å². The molecule has 1 heterocycles. The second-order valence-corrected chi connectivity index (χ2v) is 4.12. The standard InChI is InChI=1S/C11H11ClFN3O/c1-6(14)11-15-10(16-17-11)5-7-8(12)3-2-4-9(7)13/h2-4,6H,5,14H2,1H3/t6-/m0/s1. The van der Waals surface area contributed by atoms with E-state index in [9.17, 15) is 4.39 Å². The van der Waals surface area contributed by atoms with Gasteiger partial charge < -0.3 is 10.3 Å². The molecule has 0 amide bonds. The van der Waals surface area contributed by atoms with Gasteiger partial charge in [0.05, 0.1) is 6.04 Å². The van der Waals surface area contributed by atoms with Crippen molar-refractivity contribution in [1.29, 1.82) is 0 Å². The van der Waals surface area contributed by atoms with E-state index < -0.39 is 0 Å². The maximum atomic E-state index is 13.5. The second kappa shape index (κ2) is 4.81. The van der Waals surface area contributed by atoms with Crippen molar-refractivity contribution in [3.8, 4) is 0 Å². The number of nitrogens with two attached hydrogens (primary N) is 1. The molecule has 2 N–H and O–H groups in total. The van der Waals surface area contributed by atoms with Gasteiger partial charge in [0.2, 0.25) is 5.89 Å². The molecule has 1 aromatic heterocycles. The van der Waals surface area contributed by atoms with Crippen molar-refractivity contribution in [2.45, 2.75) is 19.4 Å². The molecule has 0 aliphatic rings. The van der Waals surface area contributed by atoms with Gasteiger partial charge in [0.15, 0.2) is 5.82 Å². The van der Waals surface area contributed by atoms with E-state index in [1.165, 1.54) is 6.07 Å². The fourth-order valence-electron chi connectivity index (χ4n) is 1.38. The lowest BCUT2D eigenvalue weighted by Crippen LogP contribution is -2.05. The topological polar surface area (TPSA) is 64.9 Å². The minimum atomic E-state index is -0.385. The van der Waals surface area contributed by atoms with Crippen molar-refractivity contribution in [3.63, 3.8) is 0 Å². The van der Waals surface area contributed by atoms with Crippen LogP contribution in [-0.2, 0) is 6.42 Å². The molecule has 0 unspecified atom stereocenters. The van der Waals surface area contributed by atoms with Gasteiger partial charge in [-0.2, -0.15) is 4.98 Å². The Bertz CT molecular complexity index is 507. The molecule has 0 bridgehead atoms. The van der Waals surface area contributed by atoms with Crippen LogP contribution in [0.15, 0.2) is 22.7 Å². The van der Waals surface area contributed by atoms with Gasteiger partial charge in [-0.05, 0) is 19.1 Å². The van der Waals surface area contributed by atoms with Crippen molar-refractivity contribution < 1.29 is 8.91 Å². The first-order chi connectivity index (χ1) is 8.08. The highest BCUT2D eigenvalue weighted by Crippen LogP contribution is 2.21. The van der Waals surface area contributed by atoms with Crippen LogP contribution in [0.5, 0.6) is 0 Å². The van der Waals surface area contributed by atoms with Gasteiger partial charge in [-0.3, -0.25) is 0 Å². The maximum Gasteiger partial charge on any atom is 0.243 e. The smallest absolute Gasteiger partial charge is 0.243 e. The van der Waals surface area contributed by atoms with Crippen molar-refractivity contribution >= 4 is 11.6 Å². The Morgan fingerprint density at radius 3 is 2.88 bits per heavy atom. The Labute approximate surface area is 103 Å². The van der Waals surface area contributed by atoms with Gasteiger partial charge in [0.1, 0.15) is 5.82 Å². The summed E-state index contributed by atoms with van der Waals surface area (Å²) in [7, 11) is 0. The van der Waals surface area contributed by atoms with E-state index in [1.54, 1.807) is 19.1 Å². The summed E-state index contributed by atoms with van der Waals surface area (Å²) in [5, 5.41) is 4.07. The summed E-state index contributed by atoms with van der Waals surface area (Å²) in [6.45, 7) is 1.73. The van der Waals surface area contributed by atoms with Crippen molar-refractivity contribution in [2.75, 3.05) is 0 Å². The molecular formula is C11H11ClFN3O. The number of hydrogen-bond acceptors (Lipinski definition) is 4. The lowest BCUT2D eigenvalue weighted by Gasteiger charge is -2.01. The molecule has 2 aromatic rings. The molecule has 0 saturated heterocycles. The van der Waals surface area contributed by atoms with Gasteiger partial charge in [0.25, 0.3) is 0 Å². The first-order valence-corrected chi connectivity index (χ1v) is 5.46. The Kier molecular flexibility index (Phi) is 3.40. The van der Waals surface area contributed by atoms with Crippen LogP contribution >= 0.6 is 11.6 Å². The first kappa shape index (κ1) is 12.0. The summed E-state index contributed by atoms with van der Waals surface area (Å²) in [6.07, 6.45) is 0.182. The number of rotatable bonds is 3. The maximum absolute atomic E-state index is 13.5. The Morgan fingerprint density at radius 1 is 1.53 bits per heavy atom. The van der Waals surface area contributed by atoms with Gasteiger partial charge >= 0.3 is 0 Å². The van der Waals surface area contributed by atoms with Crippen LogP contribution < -0.4 is 5.73 Å². The quantitative estimate of drug-likeness (QED) is 0.915. The predicted molar refractivity (Wildman–Crippen MR) is 61.1 cm³/mol. The Balaban J connectivity index is 2.25. The van der Waals surface area contributed by atoms with E-state index in [0.29, 0.717) is 22.3 Å². The molecule has 0 aliphatic heterocycles. The highest BCUT2D eigenvalue weighted by Gasteiger charge is 2.14. The largest absolute Gasteiger partial charge is 0.338 e. The van der Waals surface area contributed by atoms with Gasteiger partial charge in [0, 0.05) is 17.0 Å². The number of benzene rings is 1. The summed E-state index contributed by atoms with van der Waals surface area (Å²) in [6, 6.07) is 4.16. The van der Waals surface area contributed by atoms with Crippen LogP contribution in [0.1, 0.15) is 30.2 Å². The fourth-order valence-corrected chi connectivity index (χ4v) is 1.61. The lowest BCUT2D eigenvalue weighted by molar-refractivity contribution is 0.357. The molecule has 6 heteroatoms. The molecule has 0 radical (unpaired) electrons. The normalized spacial score (nSPS) is 12.7. The summed E-state index contributed by atoms with van der Waals surface area (Å²) in [5.41, 5.74) is 5.94. The van der Waals surface area contributed by atoms with E-state index in [2.05, 4.69) is 10.1 Å². The summed E-state index contributed by atoms with van der Waals surface area (Å²) in [4.78, 5) is 4.06. The van der Waals surface area contributed by atoms with E-state index in [0.717, 1.165) is 0 Å². The molecule has 0 saturated carbocycles. The van der Waals surface area contributed by atoms with Crippen LogP contribution in [0, 0.1) is 5.82 Å². The summed E-state index contributed by atoms with van der Waals surface area (Å²) < 4.78 is 18.4. The third-order valence-electron chi connectivity index (χ3n) is 2.27. The Hall–Kier alpha value is -1.46. The molecule has 0 aliphatic carbocycles. The molecule has 0 spiro atoms. The molecular weight excluding hydrogens is 245 g/mol. The minimum absolute atomic E-state index is 0.182. The zero-order valence-electron chi connectivity index (χ0n) is 9.15. The SMILES string of the molecule is C[C@H](N)c1nc(Cc2c(F)cccc2Cl)no1. The van der Waals surface area contributed by atoms with Gasteiger partial charge in [-0.15, -0.1) is 0 Å². The monoisotopic (exact) mass is 255 g/mol. The van der Waals surface area contributed by atoms with E-state index in [-0.39, 0.29) is 18.3 Å². The van der Waals surface area contributed by atoms with Crippen LogP contribution in [0.4, 0.5) is 4.39 Å². The molecule has 0 fully saturated rings. The third kappa shape index (κ3) is 2.62. The van der Waals surface area contributed by atoms with Crippen LogP contribution in [-0.4, -0.2) is 10.1 Å². The molecule has 4 nitrogen and oxygen atoms in total. The average molecular weight is 256 g/mol. The van der Waals surface area contributed by atoms with Crippen LogP contribution in [0.2, 0.25) is 5.02 Å². The van der Waals surface area contributed by atoms with Crippen LogP contribution in [0.3, 0.4) is 0 Å². The van der Waals surface area contributed by atoms with Crippen LogP contribution in [0.25, 0.3) is 0 Å². The highest BCUT2D eigenvalue weighted by molar-refractivity contribution is 6.31. The number of hydrogen-bond donors (Lipinski definition) is 1. The number of nitrogens with zero attached hydrogens (tertiary/aromatic N) is 2. The summed E-state index contributed by atoms with van der Waals surface area (Å²) in [5.74, 6) is 0.307. The van der Waals surface area contributed by atoms with Crippen molar-refractivity contribution in [2.24, 2.45) is 5.73 Å². The molecule has 1 atom stereocenters. The second-order valence-electron chi connectivity index (χ2n) is 3.71. The van der Waals surface area contributed by atoms with E-state index >= 15 is 0 Å². The molecule has 1 aromatic carbocycles. The zero-order valence-corrected chi connectivity index (χ0v) is 9.91. The van der Waals surface area contributed by atoms with Gasteiger partial charge in [-0.25, -0.2) is 4.39 Å². The first-order valence-electron chi connectivity index (χ1n) is 5.09. The highest BCUT2D eigenvalue weighted by atomic mass is 35.5. The van der Waals surface area contributed by atoms with E-state index in [4.69, 9.17) is 21.9 Å². The third-order valence-corrected chi connectivity index (χ3v) is 2.62. The van der Waals surface area contributed by atoms with E-state index in [1.807, 2.05) is 0 Å². The van der Waals surface area contributed by atoms with Gasteiger partial charge in [-0.1, -0.05) is 22.8 Å². The Morgan fingerprint density at radius 2 is 2.29 bits per heavy atom. The fraction of sp³-hybridized carbons (Fsp3) is 0.273. The minimum Gasteiger partial charge on any atom is -0.338 e. The molecule has 2 rings (SSSR count). The van der Waals surface area contributed by atoms with Crippen molar-refractivity contribution in [1.82, 2.24) is 10.1 Å². The predicted octanol–water partition coefficient (Wildman–Crippen LogP) is 2.47. The zero-order chi connectivity index (χ0) is 12.4. The number of aromatic nitrogens is 2.